The van der Waals surface area contributed by atoms with Gasteiger partial charge in [-0.15, -0.1) is 93.9 Å². The van der Waals surface area contributed by atoms with Crippen molar-refractivity contribution in [1.82, 2.24) is 0 Å². The van der Waals surface area contributed by atoms with E-state index in [4.69, 9.17) is 0 Å². The summed E-state index contributed by atoms with van der Waals surface area (Å²) < 4.78 is 0. The van der Waals surface area contributed by atoms with Crippen LogP contribution in [0.5, 0.6) is 0 Å². The fourth-order valence-corrected chi connectivity index (χ4v) is 11.4. The number of hydrogen-bond acceptors (Lipinski definition) is 0. The van der Waals surface area contributed by atoms with Gasteiger partial charge >= 0.3 is 30.2 Å². The Bertz CT molecular complexity index is 2050. The fraction of sp³-hybridized carbons (Fsp3) is 0.467. The number of benzene rings is 4. The average molecular weight is 994 g/mol. The van der Waals surface area contributed by atoms with E-state index in [9.17, 15) is 0 Å². The van der Waals surface area contributed by atoms with Crippen LogP contribution in [-0.2, 0) is 36.2 Å². The first-order valence-electron chi connectivity index (χ1n) is 24.0. The maximum atomic E-state index is 3.06. The van der Waals surface area contributed by atoms with Crippen LogP contribution in [0.1, 0.15) is 163 Å². The molecule has 6 aromatic rings. The summed E-state index contributed by atoms with van der Waals surface area (Å²) in [6.45, 7) is 16.7. The van der Waals surface area contributed by atoms with E-state index in [1.807, 2.05) is 0 Å². The molecule has 0 aliphatic heterocycles. The molecule has 4 heteroatoms. The molecule has 64 heavy (non-hydrogen) atoms. The summed E-state index contributed by atoms with van der Waals surface area (Å²) >= 11 is 1.36. The minimum absolute atomic E-state index is 0. The third-order valence-corrected chi connectivity index (χ3v) is 14.7. The van der Waals surface area contributed by atoms with Crippen LogP contribution < -0.4 is 0 Å². The van der Waals surface area contributed by atoms with Crippen LogP contribution >= 0.6 is 24.8 Å². The zero-order valence-corrected chi connectivity index (χ0v) is 46.3. The predicted octanol–water partition coefficient (Wildman–Crippen LogP) is 19.2. The molecule has 8 rings (SSSR count). The van der Waals surface area contributed by atoms with Crippen molar-refractivity contribution in [3.05, 3.63) is 145 Å². The van der Waals surface area contributed by atoms with Crippen molar-refractivity contribution in [1.29, 1.82) is 0 Å². The molecule has 0 spiro atoms. The van der Waals surface area contributed by atoms with E-state index in [1.54, 1.807) is 11.1 Å². The zero-order valence-electron chi connectivity index (χ0n) is 41.2. The molecular weight excluding hydrogens is 911 g/mol. The molecule has 2 saturated carbocycles. The number of fused-ring (bicyclic) bond motifs is 2. The summed E-state index contributed by atoms with van der Waals surface area (Å²) in [5, 5.41) is 5.68. The summed E-state index contributed by atoms with van der Waals surface area (Å²) in [6.07, 6.45) is 28.0. The normalized spacial score (nSPS) is 16.0. The average Bonchev–Trinajstić information content (AvgIpc) is 3.90. The first kappa shape index (κ1) is 57.9. The van der Waals surface area contributed by atoms with Crippen molar-refractivity contribution < 1.29 is 23.3 Å². The van der Waals surface area contributed by atoms with E-state index in [2.05, 4.69) is 145 Å². The van der Waals surface area contributed by atoms with Gasteiger partial charge in [-0.1, -0.05) is 186 Å². The van der Waals surface area contributed by atoms with E-state index >= 15 is 0 Å². The molecule has 0 unspecified atom stereocenters. The van der Waals surface area contributed by atoms with Crippen LogP contribution in [-0.4, -0.2) is 6.88 Å². The van der Waals surface area contributed by atoms with Gasteiger partial charge in [-0.25, -0.2) is 0 Å². The molecule has 0 saturated heterocycles. The molecule has 348 valence electrons. The fourth-order valence-electron chi connectivity index (χ4n) is 11.4. The summed E-state index contributed by atoms with van der Waals surface area (Å²) in [4.78, 5) is 0. The van der Waals surface area contributed by atoms with Gasteiger partial charge in [-0.3, -0.25) is 0 Å². The number of aryl methyl sites for hydroxylation is 4. The van der Waals surface area contributed by atoms with Gasteiger partial charge in [-0.05, 0) is 88.2 Å². The SMILES string of the molecule is CCC1(Cc2cc3c(-c4cc(C)cc(C)c4)cccc3[cH-]2)CCCCCCCC1.CCC1(Cc2cc3c(-c4cc(C)cc(C)c4)cccc3[cH-]2)CCCCCCCC1.Cl.Cl.[CH3-].[CH3-].[Si]=[Zr]. The van der Waals surface area contributed by atoms with Crippen LogP contribution in [0.15, 0.2) is 97.1 Å². The first-order valence-corrected chi connectivity index (χ1v) is 28.1. The Kier molecular flexibility index (Phi) is 25.5. The molecule has 0 amide bonds. The van der Waals surface area contributed by atoms with Crippen molar-refractivity contribution >= 4 is 53.2 Å². The third-order valence-electron chi connectivity index (χ3n) is 14.7. The second-order valence-corrected chi connectivity index (χ2v) is 19.4. The van der Waals surface area contributed by atoms with Gasteiger partial charge in [0.2, 0.25) is 0 Å². The quantitative estimate of drug-likeness (QED) is 0.105. The Morgan fingerprint density at radius 3 is 1.05 bits per heavy atom. The van der Waals surface area contributed by atoms with E-state index in [0.29, 0.717) is 10.8 Å². The number of rotatable bonds is 8. The Morgan fingerprint density at radius 2 is 0.750 bits per heavy atom. The Labute approximate surface area is 421 Å². The molecule has 0 bridgehead atoms. The molecule has 6 aromatic carbocycles. The predicted molar refractivity (Wildman–Crippen MR) is 289 cm³/mol. The molecule has 0 atom stereocenters. The second-order valence-electron chi connectivity index (χ2n) is 19.4. The van der Waals surface area contributed by atoms with Gasteiger partial charge in [0.05, 0.1) is 0 Å². The maximum absolute atomic E-state index is 3.06. The monoisotopic (exact) mass is 990 g/mol. The van der Waals surface area contributed by atoms with Gasteiger partial charge < -0.3 is 14.9 Å². The molecule has 2 fully saturated rings. The van der Waals surface area contributed by atoms with Gasteiger partial charge in [0.1, 0.15) is 0 Å². The van der Waals surface area contributed by atoms with Crippen LogP contribution in [0.3, 0.4) is 0 Å². The van der Waals surface area contributed by atoms with Crippen molar-refractivity contribution in [2.75, 3.05) is 0 Å². The summed E-state index contributed by atoms with van der Waals surface area (Å²) in [6, 6.07) is 37.5. The molecule has 0 aromatic heterocycles. The van der Waals surface area contributed by atoms with E-state index < -0.39 is 0 Å². The third kappa shape index (κ3) is 15.4. The topological polar surface area (TPSA) is 0 Å². The van der Waals surface area contributed by atoms with Crippen molar-refractivity contribution in [3.8, 4) is 22.3 Å². The van der Waals surface area contributed by atoms with E-state index in [1.165, 1.54) is 218 Å². The van der Waals surface area contributed by atoms with Crippen molar-refractivity contribution in [2.24, 2.45) is 10.8 Å². The summed E-state index contributed by atoms with van der Waals surface area (Å²) in [7, 11) is 0. The number of halogens is 2. The van der Waals surface area contributed by atoms with Crippen LogP contribution in [0.2, 0.25) is 0 Å². The molecular formula is C60H82Cl2SiZr-4. The minimum atomic E-state index is 0. The molecule has 2 aliphatic carbocycles. The van der Waals surface area contributed by atoms with Crippen LogP contribution in [0.4, 0.5) is 0 Å². The number of hydrogen-bond donors (Lipinski definition) is 0. The van der Waals surface area contributed by atoms with Gasteiger partial charge in [0.25, 0.3) is 0 Å². The summed E-state index contributed by atoms with van der Waals surface area (Å²) in [5.41, 5.74) is 15.0. The van der Waals surface area contributed by atoms with E-state index in [-0.39, 0.29) is 39.7 Å². The first-order chi connectivity index (χ1) is 29.2. The van der Waals surface area contributed by atoms with Crippen molar-refractivity contribution in [3.63, 3.8) is 0 Å². The molecule has 0 nitrogen and oxygen atoms in total. The summed E-state index contributed by atoms with van der Waals surface area (Å²) in [5.74, 6) is 0. The Morgan fingerprint density at radius 1 is 0.453 bits per heavy atom. The van der Waals surface area contributed by atoms with Gasteiger partial charge in [0.15, 0.2) is 0 Å². The Balaban J connectivity index is 0.000000400. The molecule has 0 N–H and O–H groups in total. The second kappa shape index (κ2) is 28.2. The van der Waals surface area contributed by atoms with Crippen LogP contribution in [0, 0.1) is 53.4 Å². The van der Waals surface area contributed by atoms with Crippen LogP contribution in [0.25, 0.3) is 43.8 Å². The Hall–Kier alpha value is -2.22. The molecule has 2 aliphatic rings. The molecule has 0 heterocycles. The van der Waals surface area contributed by atoms with Crippen molar-refractivity contribution in [2.45, 2.75) is 170 Å². The molecule has 2 radical (unpaired) electrons. The zero-order chi connectivity index (χ0) is 42.5. The standard InChI is InChI=1S/2C29H37.2CH3.2ClH.Si.Zr/c2*1-4-29(14-9-7-5-6-8-10-15-29)21-24-19-25-12-11-13-27(28(25)20-24)26-17-22(2)16-23(3)18-26;;;;;;/h2*11-13,16-20H,4-10,14-15,21H2,1-3H3;2*1H3;2*1H;;/q4*-1;;;;. The van der Waals surface area contributed by atoms with Gasteiger partial charge in [0, 0.05) is 0 Å². The van der Waals surface area contributed by atoms with Gasteiger partial charge in [-0.2, -0.15) is 12.1 Å². The van der Waals surface area contributed by atoms with E-state index in [0.717, 1.165) is 0 Å².